The molecule has 3 rings (SSSR count). The number of nitrogens with two attached hydrogens (primary N) is 1. The zero-order valence-corrected chi connectivity index (χ0v) is 9.20. The number of anilines is 1. The van der Waals surface area contributed by atoms with Crippen LogP contribution >= 0.6 is 11.6 Å². The highest BCUT2D eigenvalue weighted by atomic mass is 35.5. The van der Waals surface area contributed by atoms with Gasteiger partial charge in [0.25, 0.3) is 0 Å². The Labute approximate surface area is 92.8 Å². The summed E-state index contributed by atoms with van der Waals surface area (Å²) >= 11 is 6.07. The first kappa shape index (κ1) is 9.04. The number of hydrogen-bond acceptors (Lipinski definition) is 2. The number of benzene rings is 1. The standard InChI is InChI=1S/C11H12ClN3/c1-6-5-9(6)15-8-4-2-3-7(12)10(8)14-11(15)13/h2-4,6,9H,5H2,1H3,(H2,13,14). The predicted molar refractivity (Wildman–Crippen MR) is 62.0 cm³/mol. The molecule has 78 valence electrons. The second-order valence-corrected chi connectivity index (χ2v) is 4.64. The fourth-order valence-electron chi connectivity index (χ4n) is 2.11. The number of para-hydroxylation sites is 1. The van der Waals surface area contributed by atoms with Gasteiger partial charge in [0, 0.05) is 6.04 Å². The van der Waals surface area contributed by atoms with Crippen LogP contribution < -0.4 is 5.73 Å². The van der Waals surface area contributed by atoms with Crippen LogP contribution in [0, 0.1) is 5.92 Å². The van der Waals surface area contributed by atoms with E-state index in [-0.39, 0.29) is 0 Å². The summed E-state index contributed by atoms with van der Waals surface area (Å²) in [6, 6.07) is 6.32. The lowest BCUT2D eigenvalue weighted by molar-refractivity contribution is 0.715. The SMILES string of the molecule is CC1CC1n1c(N)nc2c(Cl)cccc21. The quantitative estimate of drug-likeness (QED) is 0.805. The maximum absolute atomic E-state index is 6.07. The molecule has 1 saturated carbocycles. The van der Waals surface area contributed by atoms with Crippen LogP contribution in [0.5, 0.6) is 0 Å². The number of nitrogens with zero attached hydrogens (tertiary/aromatic N) is 2. The Morgan fingerprint density at radius 3 is 2.93 bits per heavy atom. The molecular formula is C11H12ClN3. The van der Waals surface area contributed by atoms with E-state index in [0.29, 0.717) is 22.9 Å². The molecule has 0 radical (unpaired) electrons. The molecule has 1 aliphatic carbocycles. The van der Waals surface area contributed by atoms with Crippen molar-refractivity contribution in [2.75, 3.05) is 5.73 Å². The maximum atomic E-state index is 6.07. The highest BCUT2D eigenvalue weighted by molar-refractivity contribution is 6.35. The molecule has 0 aliphatic heterocycles. The number of aromatic nitrogens is 2. The van der Waals surface area contributed by atoms with Gasteiger partial charge in [0.2, 0.25) is 5.95 Å². The molecule has 1 aliphatic rings. The number of fused-ring (bicyclic) bond motifs is 1. The maximum Gasteiger partial charge on any atom is 0.201 e. The van der Waals surface area contributed by atoms with Gasteiger partial charge in [0.1, 0.15) is 5.52 Å². The Bertz CT molecular complexity index is 532. The number of halogens is 1. The second kappa shape index (κ2) is 2.89. The van der Waals surface area contributed by atoms with Crippen LogP contribution in [0.3, 0.4) is 0 Å². The molecule has 2 unspecified atom stereocenters. The number of imidazole rings is 1. The zero-order valence-electron chi connectivity index (χ0n) is 8.44. The third-order valence-corrected chi connectivity index (χ3v) is 3.40. The monoisotopic (exact) mass is 221 g/mol. The van der Waals surface area contributed by atoms with E-state index in [4.69, 9.17) is 17.3 Å². The minimum atomic E-state index is 0.508. The van der Waals surface area contributed by atoms with Gasteiger partial charge in [-0.25, -0.2) is 4.98 Å². The van der Waals surface area contributed by atoms with Crippen molar-refractivity contribution in [3.8, 4) is 0 Å². The van der Waals surface area contributed by atoms with Crippen LogP contribution in [0.4, 0.5) is 5.95 Å². The Kier molecular flexibility index (Phi) is 1.74. The largest absolute Gasteiger partial charge is 0.369 e. The van der Waals surface area contributed by atoms with E-state index >= 15 is 0 Å². The van der Waals surface area contributed by atoms with Gasteiger partial charge in [-0.3, -0.25) is 0 Å². The molecule has 2 N–H and O–H groups in total. The van der Waals surface area contributed by atoms with Gasteiger partial charge < -0.3 is 10.3 Å². The number of rotatable bonds is 1. The van der Waals surface area contributed by atoms with Crippen molar-refractivity contribution in [3.63, 3.8) is 0 Å². The lowest BCUT2D eigenvalue weighted by atomic mass is 10.3. The molecule has 1 heterocycles. The van der Waals surface area contributed by atoms with Crippen LogP contribution in [0.15, 0.2) is 18.2 Å². The molecule has 0 spiro atoms. The lowest BCUT2D eigenvalue weighted by Gasteiger charge is -2.03. The number of hydrogen-bond donors (Lipinski definition) is 1. The van der Waals surface area contributed by atoms with E-state index in [1.165, 1.54) is 6.42 Å². The van der Waals surface area contributed by atoms with Gasteiger partial charge in [-0.15, -0.1) is 0 Å². The Morgan fingerprint density at radius 1 is 1.53 bits per heavy atom. The van der Waals surface area contributed by atoms with Crippen LogP contribution in [-0.4, -0.2) is 9.55 Å². The van der Waals surface area contributed by atoms with Gasteiger partial charge in [-0.1, -0.05) is 24.6 Å². The second-order valence-electron chi connectivity index (χ2n) is 4.23. The van der Waals surface area contributed by atoms with Crippen molar-refractivity contribution in [2.24, 2.45) is 5.92 Å². The molecule has 1 aromatic heterocycles. The smallest absolute Gasteiger partial charge is 0.201 e. The first-order chi connectivity index (χ1) is 7.18. The fraction of sp³-hybridized carbons (Fsp3) is 0.364. The Hall–Kier alpha value is -1.22. The predicted octanol–water partition coefficient (Wildman–Crippen LogP) is 2.85. The molecule has 0 amide bonds. The zero-order chi connectivity index (χ0) is 10.6. The molecule has 1 fully saturated rings. The molecule has 0 bridgehead atoms. The van der Waals surface area contributed by atoms with E-state index < -0.39 is 0 Å². The summed E-state index contributed by atoms with van der Waals surface area (Å²) in [5, 5.41) is 0.672. The van der Waals surface area contributed by atoms with E-state index in [1.807, 2.05) is 18.2 Å². The molecule has 0 saturated heterocycles. The highest BCUT2D eigenvalue weighted by Gasteiger charge is 2.36. The summed E-state index contributed by atoms with van der Waals surface area (Å²) in [7, 11) is 0. The molecule has 1 aromatic carbocycles. The lowest BCUT2D eigenvalue weighted by Crippen LogP contribution is -2.01. The van der Waals surface area contributed by atoms with Crippen molar-refractivity contribution >= 4 is 28.6 Å². The fourth-order valence-corrected chi connectivity index (χ4v) is 2.32. The van der Waals surface area contributed by atoms with E-state index in [2.05, 4.69) is 16.5 Å². The molecule has 2 aromatic rings. The van der Waals surface area contributed by atoms with Crippen molar-refractivity contribution in [1.82, 2.24) is 9.55 Å². The summed E-state index contributed by atoms with van der Waals surface area (Å²) in [6.07, 6.45) is 1.18. The van der Waals surface area contributed by atoms with Gasteiger partial charge >= 0.3 is 0 Å². The van der Waals surface area contributed by atoms with E-state index in [9.17, 15) is 0 Å². The highest BCUT2D eigenvalue weighted by Crippen LogP contribution is 2.46. The van der Waals surface area contributed by atoms with Gasteiger partial charge in [-0.05, 0) is 24.5 Å². The average molecular weight is 222 g/mol. The average Bonchev–Trinajstić information content (AvgIpc) is 2.78. The third-order valence-electron chi connectivity index (χ3n) is 3.10. The van der Waals surface area contributed by atoms with Crippen LogP contribution in [-0.2, 0) is 0 Å². The summed E-state index contributed by atoms with van der Waals surface area (Å²) in [5.74, 6) is 1.27. The third kappa shape index (κ3) is 1.23. The topological polar surface area (TPSA) is 43.8 Å². The van der Waals surface area contributed by atoms with Crippen molar-refractivity contribution in [2.45, 2.75) is 19.4 Å². The van der Waals surface area contributed by atoms with Crippen LogP contribution in [0.2, 0.25) is 5.02 Å². The number of nitrogen functional groups attached to an aromatic ring is 1. The first-order valence-corrected chi connectivity index (χ1v) is 5.48. The van der Waals surface area contributed by atoms with Gasteiger partial charge in [-0.2, -0.15) is 0 Å². The van der Waals surface area contributed by atoms with Crippen LogP contribution in [0.1, 0.15) is 19.4 Å². The summed E-state index contributed by atoms with van der Waals surface area (Å²) < 4.78 is 2.10. The van der Waals surface area contributed by atoms with E-state index in [0.717, 1.165) is 11.0 Å². The summed E-state index contributed by atoms with van der Waals surface area (Å²) in [6.45, 7) is 2.22. The van der Waals surface area contributed by atoms with Crippen molar-refractivity contribution in [3.05, 3.63) is 23.2 Å². The first-order valence-electron chi connectivity index (χ1n) is 5.10. The van der Waals surface area contributed by atoms with Crippen molar-refractivity contribution in [1.29, 1.82) is 0 Å². The normalized spacial score (nSPS) is 24.7. The van der Waals surface area contributed by atoms with Gasteiger partial charge in [0.15, 0.2) is 0 Å². The molecule has 3 nitrogen and oxygen atoms in total. The Balaban J connectivity index is 2.29. The van der Waals surface area contributed by atoms with Crippen molar-refractivity contribution < 1.29 is 0 Å². The van der Waals surface area contributed by atoms with E-state index in [1.54, 1.807) is 0 Å². The van der Waals surface area contributed by atoms with Crippen LogP contribution in [0.25, 0.3) is 11.0 Å². The molecule has 4 heteroatoms. The van der Waals surface area contributed by atoms with Gasteiger partial charge in [0.05, 0.1) is 10.5 Å². The minimum Gasteiger partial charge on any atom is -0.369 e. The molecular weight excluding hydrogens is 210 g/mol. The summed E-state index contributed by atoms with van der Waals surface area (Å²) in [4.78, 5) is 4.32. The molecule has 15 heavy (non-hydrogen) atoms. The summed E-state index contributed by atoms with van der Waals surface area (Å²) in [5.41, 5.74) is 7.78. The minimum absolute atomic E-state index is 0.508. The molecule has 2 atom stereocenters. The Morgan fingerprint density at radius 2 is 2.27 bits per heavy atom.